The van der Waals surface area contributed by atoms with Gasteiger partial charge in [0.25, 0.3) is 0 Å². The van der Waals surface area contributed by atoms with Gasteiger partial charge in [0.05, 0.1) is 19.4 Å². The Morgan fingerprint density at radius 3 is 2.45 bits per heavy atom. The van der Waals surface area contributed by atoms with Gasteiger partial charge in [-0.3, -0.25) is 25.7 Å². The molecule has 1 aliphatic rings. The van der Waals surface area contributed by atoms with E-state index >= 15 is 0 Å². The van der Waals surface area contributed by atoms with E-state index in [9.17, 15) is 0 Å². The van der Waals surface area contributed by atoms with Crippen molar-refractivity contribution in [3.8, 4) is 0 Å². The van der Waals surface area contributed by atoms with Crippen LogP contribution in [0.15, 0.2) is 36.7 Å². The number of furan rings is 1. The van der Waals surface area contributed by atoms with Gasteiger partial charge in [0.1, 0.15) is 11.5 Å². The molecule has 9 nitrogen and oxygen atoms in total. The summed E-state index contributed by atoms with van der Waals surface area (Å²) >= 11 is 10.2. The molecule has 0 atom stereocenters. The number of morpholine rings is 1. The molecule has 1 aromatic rings. The Bertz CT molecular complexity index is 762. The summed E-state index contributed by atoms with van der Waals surface area (Å²) in [6.07, 6.45) is 3.37. The van der Waals surface area contributed by atoms with Crippen molar-refractivity contribution in [3.05, 3.63) is 23.7 Å². The van der Waals surface area contributed by atoms with Gasteiger partial charge < -0.3 is 34.4 Å². The molecule has 0 aliphatic carbocycles. The van der Waals surface area contributed by atoms with E-state index in [1.54, 1.807) is 0 Å². The molecule has 12 heteroatoms. The van der Waals surface area contributed by atoms with Crippen molar-refractivity contribution >= 4 is 47.5 Å². The SMILES string of the molecule is CCN=C([S-])N/N=C(/C=N/NC([S-])=NCC)c1ccc(CCCN2CCOCC2)o1.[Cu+2]. The van der Waals surface area contributed by atoms with Crippen LogP contribution in [0.3, 0.4) is 0 Å². The second-order valence-corrected chi connectivity index (χ2v) is 7.13. The summed E-state index contributed by atoms with van der Waals surface area (Å²) in [5, 5.41) is 8.97. The van der Waals surface area contributed by atoms with Gasteiger partial charge in [0.2, 0.25) is 0 Å². The Balaban J connectivity index is 0.00000480. The van der Waals surface area contributed by atoms with E-state index in [1.165, 1.54) is 6.21 Å². The van der Waals surface area contributed by atoms with E-state index in [1.807, 2.05) is 26.0 Å². The van der Waals surface area contributed by atoms with Gasteiger partial charge >= 0.3 is 17.1 Å². The van der Waals surface area contributed by atoms with Crippen molar-refractivity contribution in [1.29, 1.82) is 0 Å². The summed E-state index contributed by atoms with van der Waals surface area (Å²) in [6, 6.07) is 3.82. The molecule has 31 heavy (non-hydrogen) atoms. The predicted molar refractivity (Wildman–Crippen MR) is 126 cm³/mol. The molecule has 0 amide bonds. The van der Waals surface area contributed by atoms with Gasteiger partial charge in [-0.05, 0) is 49.3 Å². The first-order valence-electron chi connectivity index (χ1n) is 10.1. The van der Waals surface area contributed by atoms with Gasteiger partial charge in [-0.1, -0.05) is 0 Å². The molecule has 0 bridgehead atoms. The number of nitrogens with one attached hydrogen (secondary N) is 2. The maximum Gasteiger partial charge on any atom is 2.00 e. The van der Waals surface area contributed by atoms with E-state index in [2.05, 4.69) is 35.9 Å². The maximum absolute atomic E-state index is 5.97. The Kier molecular flexibility index (Phi) is 14.3. The zero-order valence-electron chi connectivity index (χ0n) is 17.8. The molecule has 1 radical (unpaired) electrons. The Morgan fingerprint density at radius 1 is 1.10 bits per heavy atom. The summed E-state index contributed by atoms with van der Waals surface area (Å²) in [5.41, 5.74) is 5.89. The monoisotopic (exact) mass is 514 g/mol. The van der Waals surface area contributed by atoms with Crippen molar-refractivity contribution in [2.24, 2.45) is 20.2 Å². The molecule has 0 spiro atoms. The number of rotatable bonds is 10. The second-order valence-electron chi connectivity index (χ2n) is 6.36. The van der Waals surface area contributed by atoms with Crippen molar-refractivity contribution in [1.82, 2.24) is 15.8 Å². The first kappa shape index (κ1) is 27.5. The van der Waals surface area contributed by atoms with Gasteiger partial charge in [-0.15, -0.1) is 0 Å². The molecule has 0 unspecified atom stereocenters. The van der Waals surface area contributed by atoms with Crippen LogP contribution < -0.4 is 10.9 Å². The standard InChI is InChI=1S/C19H31N7O2S2.Cu/c1-3-20-18(29)24-22-14-16(23-25-19(30)21-4-2)17-8-7-15(28-17)6-5-9-26-10-12-27-13-11-26;/h7-8,14H,3-6,9-13H2,1-2H3,(H2,20,24,29)(H2,21,25,30);/q;+2/p-2/b22-14+,23-16-;. The van der Waals surface area contributed by atoms with Crippen molar-refractivity contribution in [2.75, 3.05) is 45.9 Å². The van der Waals surface area contributed by atoms with Crippen LogP contribution in [0.5, 0.6) is 0 Å². The number of hydrazone groups is 2. The number of aryl methyl sites for hydroxylation is 1. The van der Waals surface area contributed by atoms with Gasteiger partial charge in [-0.2, -0.15) is 10.2 Å². The first-order valence-corrected chi connectivity index (χ1v) is 10.9. The third-order valence-electron chi connectivity index (χ3n) is 4.14. The largest absolute Gasteiger partial charge is 2.00 e. The second kappa shape index (κ2) is 16.1. The predicted octanol–water partition coefficient (Wildman–Crippen LogP) is 1.26. The van der Waals surface area contributed by atoms with Crippen LogP contribution in [0.2, 0.25) is 0 Å². The number of amidine groups is 2. The molecule has 1 saturated heterocycles. The summed E-state index contributed by atoms with van der Waals surface area (Å²) in [6.45, 7) is 9.59. The molecule has 0 aromatic carbocycles. The van der Waals surface area contributed by atoms with Crippen molar-refractivity contribution in [2.45, 2.75) is 26.7 Å². The van der Waals surface area contributed by atoms with Gasteiger partial charge in [0, 0.05) is 32.6 Å². The van der Waals surface area contributed by atoms with Crippen molar-refractivity contribution < 1.29 is 26.2 Å². The molecular formula is C19H29CuN7O2S2. The maximum atomic E-state index is 5.97. The average Bonchev–Trinajstić information content (AvgIpc) is 3.20. The Labute approximate surface area is 205 Å². The van der Waals surface area contributed by atoms with Crippen LogP contribution in [0, 0.1) is 0 Å². The average molecular weight is 515 g/mol. The van der Waals surface area contributed by atoms with E-state index in [-0.39, 0.29) is 17.1 Å². The van der Waals surface area contributed by atoms with Crippen LogP contribution in [0.4, 0.5) is 0 Å². The zero-order valence-corrected chi connectivity index (χ0v) is 20.3. The molecule has 0 saturated carbocycles. The molecule has 2 N–H and O–H groups in total. The summed E-state index contributed by atoms with van der Waals surface area (Å²) in [4.78, 5) is 10.5. The fraction of sp³-hybridized carbons (Fsp3) is 0.579. The number of hydrogen-bond acceptors (Lipinski definition) is 9. The molecule has 175 valence electrons. The van der Waals surface area contributed by atoms with E-state index in [0.29, 0.717) is 34.9 Å². The zero-order chi connectivity index (χ0) is 21.6. The minimum Gasteiger partial charge on any atom is -0.741 e. The quantitative estimate of drug-likeness (QED) is 0.159. The number of ether oxygens (including phenoxy) is 1. The molecule has 2 heterocycles. The van der Waals surface area contributed by atoms with Gasteiger partial charge in [0.15, 0.2) is 5.76 Å². The normalized spacial score (nSPS) is 16.4. The van der Waals surface area contributed by atoms with Crippen LogP contribution in [-0.4, -0.2) is 73.1 Å². The third kappa shape index (κ3) is 11.0. The van der Waals surface area contributed by atoms with Crippen LogP contribution >= 0.6 is 0 Å². The fourth-order valence-electron chi connectivity index (χ4n) is 2.71. The third-order valence-corrected chi connectivity index (χ3v) is 4.58. The van der Waals surface area contributed by atoms with Crippen LogP contribution in [-0.2, 0) is 53.5 Å². The van der Waals surface area contributed by atoms with E-state index in [4.69, 9.17) is 34.4 Å². The van der Waals surface area contributed by atoms with Crippen LogP contribution in [0.25, 0.3) is 0 Å². The smallest absolute Gasteiger partial charge is 0.741 e. The minimum atomic E-state index is 0. The minimum absolute atomic E-state index is 0. The summed E-state index contributed by atoms with van der Waals surface area (Å²) < 4.78 is 11.4. The van der Waals surface area contributed by atoms with E-state index < -0.39 is 0 Å². The van der Waals surface area contributed by atoms with Crippen LogP contribution in [0.1, 0.15) is 31.8 Å². The molecule has 1 aromatic heterocycles. The molecular weight excluding hydrogens is 486 g/mol. The van der Waals surface area contributed by atoms with Gasteiger partial charge in [-0.25, -0.2) is 0 Å². The summed E-state index contributed by atoms with van der Waals surface area (Å²) in [5.74, 6) is 1.47. The Hall–Kier alpha value is -1.56. The number of aliphatic imine (C=N–C) groups is 2. The number of nitrogens with zero attached hydrogens (tertiary/aromatic N) is 5. The van der Waals surface area contributed by atoms with E-state index in [0.717, 1.165) is 51.4 Å². The Morgan fingerprint density at radius 2 is 1.77 bits per heavy atom. The first-order chi connectivity index (χ1) is 14.6. The molecule has 2 rings (SSSR count). The number of hydrogen-bond donors (Lipinski definition) is 2. The molecule has 1 fully saturated rings. The summed E-state index contributed by atoms with van der Waals surface area (Å²) in [7, 11) is 0. The van der Waals surface area contributed by atoms with Crippen molar-refractivity contribution in [3.63, 3.8) is 0 Å². The fourth-order valence-corrected chi connectivity index (χ4v) is 3.07. The topological polar surface area (TPSA) is 99.1 Å². The molecule has 1 aliphatic heterocycles.